The van der Waals surface area contributed by atoms with Crippen LogP contribution in [0.4, 0.5) is 4.39 Å². The molecule has 0 saturated heterocycles. The number of rotatable bonds is 1. The highest BCUT2D eigenvalue weighted by Gasteiger charge is 2.08. The summed E-state index contributed by atoms with van der Waals surface area (Å²) in [4.78, 5) is 4.19. The fourth-order valence-electron chi connectivity index (χ4n) is 1.68. The lowest BCUT2D eigenvalue weighted by Crippen LogP contribution is -1.92. The van der Waals surface area contributed by atoms with Crippen molar-refractivity contribution in [1.29, 1.82) is 0 Å². The molecule has 3 aromatic rings. The van der Waals surface area contributed by atoms with Crippen LogP contribution in [0.5, 0.6) is 0 Å². The molecule has 0 fully saturated rings. The summed E-state index contributed by atoms with van der Waals surface area (Å²) in [5.41, 5.74) is 2.15. The van der Waals surface area contributed by atoms with E-state index in [0.29, 0.717) is 5.56 Å². The first kappa shape index (κ1) is 10.2. The van der Waals surface area contributed by atoms with Crippen LogP contribution >= 0.6 is 11.6 Å². The molecule has 0 N–H and O–H groups in total. The second-order valence-electron chi connectivity index (χ2n) is 3.57. The Hall–Kier alpha value is -1.94. The van der Waals surface area contributed by atoms with Crippen LogP contribution in [0.1, 0.15) is 0 Å². The normalized spacial score (nSPS) is 10.9. The molecule has 0 radical (unpaired) electrons. The number of hydrogen-bond acceptors (Lipinski definition) is 2. The highest BCUT2D eigenvalue weighted by atomic mass is 35.5. The van der Waals surface area contributed by atoms with Crippen molar-refractivity contribution in [3.05, 3.63) is 53.6 Å². The number of hydrogen-bond donors (Lipinski definition) is 0. The number of imidazole rings is 1. The number of halogens is 2. The van der Waals surface area contributed by atoms with Gasteiger partial charge in [0.2, 0.25) is 0 Å². The minimum Gasteiger partial charge on any atom is -0.235 e. The maximum absolute atomic E-state index is 13.4. The van der Waals surface area contributed by atoms with Gasteiger partial charge in [0.15, 0.2) is 5.65 Å². The zero-order valence-electron chi connectivity index (χ0n) is 8.64. The van der Waals surface area contributed by atoms with E-state index in [1.54, 1.807) is 29.0 Å². The number of aromatic nitrogens is 3. The Bertz CT molecular complexity index is 693. The molecule has 1 aromatic carbocycles. The van der Waals surface area contributed by atoms with Gasteiger partial charge >= 0.3 is 0 Å². The molecule has 3 rings (SSSR count). The third-order valence-corrected chi connectivity index (χ3v) is 2.80. The smallest absolute Gasteiger partial charge is 0.154 e. The van der Waals surface area contributed by atoms with Gasteiger partial charge in [-0.1, -0.05) is 17.7 Å². The van der Waals surface area contributed by atoms with E-state index in [1.807, 2.05) is 6.07 Å². The summed E-state index contributed by atoms with van der Waals surface area (Å²) >= 11 is 5.65. The lowest BCUT2D eigenvalue weighted by atomic mass is 10.2. The molecule has 5 heteroatoms. The van der Waals surface area contributed by atoms with E-state index in [4.69, 9.17) is 11.6 Å². The van der Waals surface area contributed by atoms with Crippen LogP contribution in [-0.2, 0) is 0 Å². The minimum absolute atomic E-state index is 0.107. The highest BCUT2D eigenvalue weighted by Crippen LogP contribution is 2.24. The molecule has 0 spiro atoms. The summed E-state index contributed by atoms with van der Waals surface area (Å²) in [5.74, 6) is -0.449. The van der Waals surface area contributed by atoms with Crippen LogP contribution in [-0.4, -0.2) is 14.6 Å². The average molecular weight is 248 g/mol. The summed E-state index contributed by atoms with van der Waals surface area (Å²) in [6.07, 6.45) is 3.31. The van der Waals surface area contributed by atoms with E-state index < -0.39 is 5.82 Å². The summed E-state index contributed by atoms with van der Waals surface area (Å²) in [7, 11) is 0. The van der Waals surface area contributed by atoms with Crippen molar-refractivity contribution < 1.29 is 4.39 Å². The summed E-state index contributed by atoms with van der Waals surface area (Å²) in [6, 6.07) is 8.27. The molecule has 17 heavy (non-hydrogen) atoms. The van der Waals surface area contributed by atoms with Gasteiger partial charge in [-0.25, -0.2) is 13.9 Å². The van der Waals surface area contributed by atoms with Crippen molar-refractivity contribution in [1.82, 2.24) is 14.6 Å². The quantitative estimate of drug-likeness (QED) is 0.661. The fourth-order valence-corrected chi connectivity index (χ4v) is 1.80. The first-order valence-electron chi connectivity index (χ1n) is 5.00. The van der Waals surface area contributed by atoms with E-state index in [0.717, 1.165) is 11.3 Å². The molecule has 0 bridgehead atoms. The molecular weight excluding hydrogens is 241 g/mol. The summed E-state index contributed by atoms with van der Waals surface area (Å²) < 4.78 is 15.0. The molecule has 0 aliphatic rings. The summed E-state index contributed by atoms with van der Waals surface area (Å²) in [6.45, 7) is 0. The SMILES string of the molecule is Fc1cc(-c2cnc3cccnn23)ccc1Cl. The predicted octanol–water partition coefficient (Wildman–Crippen LogP) is 3.19. The Morgan fingerprint density at radius 2 is 2.12 bits per heavy atom. The molecule has 0 saturated carbocycles. The van der Waals surface area contributed by atoms with Crippen molar-refractivity contribution in [3.63, 3.8) is 0 Å². The van der Waals surface area contributed by atoms with Crippen LogP contribution in [0, 0.1) is 5.82 Å². The third kappa shape index (κ3) is 1.66. The predicted molar refractivity (Wildman–Crippen MR) is 63.4 cm³/mol. The molecule has 3 nitrogen and oxygen atoms in total. The molecule has 0 unspecified atom stereocenters. The van der Waals surface area contributed by atoms with Crippen LogP contribution in [0.15, 0.2) is 42.7 Å². The van der Waals surface area contributed by atoms with Gasteiger partial charge in [-0.3, -0.25) is 0 Å². The molecular formula is C12H7ClFN3. The first-order valence-corrected chi connectivity index (χ1v) is 5.38. The lowest BCUT2D eigenvalue weighted by Gasteiger charge is -2.01. The van der Waals surface area contributed by atoms with E-state index in [1.165, 1.54) is 12.1 Å². The van der Waals surface area contributed by atoms with Gasteiger partial charge in [-0.2, -0.15) is 5.10 Å². The van der Waals surface area contributed by atoms with Gasteiger partial charge < -0.3 is 0 Å². The van der Waals surface area contributed by atoms with Crippen LogP contribution < -0.4 is 0 Å². The third-order valence-electron chi connectivity index (χ3n) is 2.49. The molecule has 0 amide bonds. The summed E-state index contributed by atoms with van der Waals surface area (Å²) in [5, 5.41) is 4.28. The zero-order valence-corrected chi connectivity index (χ0v) is 9.39. The standard InChI is InChI=1S/C12H7ClFN3/c13-9-4-3-8(6-10(9)14)11-7-15-12-2-1-5-16-17(11)12/h1-7H. The largest absolute Gasteiger partial charge is 0.235 e. The number of benzene rings is 1. The Morgan fingerprint density at radius 1 is 1.24 bits per heavy atom. The van der Waals surface area contributed by atoms with Gasteiger partial charge in [0.25, 0.3) is 0 Å². The van der Waals surface area contributed by atoms with Crippen molar-refractivity contribution in [2.24, 2.45) is 0 Å². The van der Waals surface area contributed by atoms with E-state index >= 15 is 0 Å². The van der Waals surface area contributed by atoms with Crippen LogP contribution in [0.2, 0.25) is 5.02 Å². The van der Waals surface area contributed by atoms with Gasteiger partial charge in [0.05, 0.1) is 16.9 Å². The monoisotopic (exact) mass is 247 g/mol. The van der Waals surface area contributed by atoms with Gasteiger partial charge in [-0.15, -0.1) is 0 Å². The van der Waals surface area contributed by atoms with Crippen molar-refractivity contribution in [2.45, 2.75) is 0 Å². The van der Waals surface area contributed by atoms with Crippen molar-refractivity contribution in [2.75, 3.05) is 0 Å². The van der Waals surface area contributed by atoms with Crippen LogP contribution in [0.3, 0.4) is 0 Å². The Balaban J connectivity index is 2.24. The molecule has 0 aliphatic carbocycles. The average Bonchev–Trinajstić information content (AvgIpc) is 2.76. The maximum atomic E-state index is 13.4. The molecule has 84 valence electrons. The van der Waals surface area contributed by atoms with E-state index in [-0.39, 0.29) is 5.02 Å². The second kappa shape index (κ2) is 3.82. The van der Waals surface area contributed by atoms with E-state index in [9.17, 15) is 4.39 Å². The maximum Gasteiger partial charge on any atom is 0.154 e. The number of fused-ring (bicyclic) bond motifs is 1. The van der Waals surface area contributed by atoms with Gasteiger partial charge in [0.1, 0.15) is 5.82 Å². The number of nitrogens with zero attached hydrogens (tertiary/aromatic N) is 3. The zero-order chi connectivity index (χ0) is 11.8. The Labute approximate surface area is 101 Å². The van der Waals surface area contributed by atoms with Gasteiger partial charge in [-0.05, 0) is 24.3 Å². The molecule has 2 heterocycles. The molecule has 0 atom stereocenters. The lowest BCUT2D eigenvalue weighted by molar-refractivity contribution is 0.628. The molecule has 2 aromatic heterocycles. The van der Waals surface area contributed by atoms with Gasteiger partial charge in [0, 0.05) is 11.8 Å². The Kier molecular flexibility index (Phi) is 2.30. The minimum atomic E-state index is -0.449. The van der Waals surface area contributed by atoms with Crippen molar-refractivity contribution >= 4 is 17.2 Å². The second-order valence-corrected chi connectivity index (χ2v) is 3.97. The first-order chi connectivity index (χ1) is 8.25. The van der Waals surface area contributed by atoms with Crippen molar-refractivity contribution in [3.8, 4) is 11.3 Å². The topological polar surface area (TPSA) is 30.2 Å². The van der Waals surface area contributed by atoms with E-state index in [2.05, 4.69) is 10.1 Å². The van der Waals surface area contributed by atoms with Crippen LogP contribution in [0.25, 0.3) is 16.9 Å². The Morgan fingerprint density at radius 3 is 2.94 bits per heavy atom. The molecule has 0 aliphatic heterocycles. The fraction of sp³-hybridized carbons (Fsp3) is 0. The highest BCUT2D eigenvalue weighted by molar-refractivity contribution is 6.30.